The quantitative estimate of drug-likeness (QED) is 0.231. The molecule has 0 saturated carbocycles. The van der Waals surface area contributed by atoms with Crippen LogP contribution in [0.4, 0.5) is 5.69 Å². The highest BCUT2D eigenvalue weighted by atomic mass is 35.5. The summed E-state index contributed by atoms with van der Waals surface area (Å²) in [5.41, 5.74) is 0.835. The summed E-state index contributed by atoms with van der Waals surface area (Å²) in [6.45, 7) is -0.375. The van der Waals surface area contributed by atoms with E-state index in [-0.39, 0.29) is 41.5 Å². The number of ether oxygens (including phenoxy) is 2. The molecule has 0 saturated heterocycles. The van der Waals surface area contributed by atoms with E-state index >= 15 is 0 Å². The van der Waals surface area contributed by atoms with E-state index in [0.29, 0.717) is 11.5 Å². The second-order valence-electron chi connectivity index (χ2n) is 6.13. The number of hydrogen-bond donors (Lipinski definition) is 3. The first-order valence-corrected chi connectivity index (χ1v) is 10.8. The van der Waals surface area contributed by atoms with Gasteiger partial charge < -0.3 is 29.0 Å². The lowest BCUT2D eigenvalue weighted by molar-refractivity contribution is 0.0536. The molecule has 2 atom stereocenters. The van der Waals surface area contributed by atoms with Gasteiger partial charge in [-0.3, -0.25) is 4.31 Å². The molecule has 0 aliphatic carbocycles. The van der Waals surface area contributed by atoms with Crippen LogP contribution in [0, 0.1) is 0 Å². The second kappa shape index (κ2) is 12.6. The lowest BCUT2D eigenvalue weighted by Gasteiger charge is -2.18. The molecule has 0 aliphatic heterocycles. The Kier molecular flexibility index (Phi) is 10.5. The molecule has 0 spiro atoms. The average molecular weight is 499 g/mol. The number of hydrogen-bond acceptors (Lipinski definition) is 8. The predicted molar refractivity (Wildman–Crippen MR) is 120 cm³/mol. The Hall–Kier alpha value is -1.26. The van der Waals surface area contributed by atoms with Crippen molar-refractivity contribution < 1.29 is 29.0 Å². The van der Waals surface area contributed by atoms with Crippen LogP contribution in [0.15, 0.2) is 36.4 Å². The minimum atomic E-state index is -0.919. The molecule has 0 fully saturated rings. The van der Waals surface area contributed by atoms with Gasteiger partial charge in [0.1, 0.15) is 36.9 Å². The SMILES string of the molecule is CN(SOc1cc(Cl)c(OCC(O)CCl)c(Cl)c1)c1ccc(OCC(O)CO)cc1. The number of halogens is 3. The van der Waals surface area contributed by atoms with Gasteiger partial charge in [-0.1, -0.05) is 23.2 Å². The summed E-state index contributed by atoms with van der Waals surface area (Å²) in [6.07, 6.45) is -1.74. The Labute approximate surface area is 194 Å². The summed E-state index contributed by atoms with van der Waals surface area (Å²) < 4.78 is 18.2. The first-order chi connectivity index (χ1) is 14.3. The summed E-state index contributed by atoms with van der Waals surface area (Å²) in [6, 6.07) is 10.2. The summed E-state index contributed by atoms with van der Waals surface area (Å²) in [5, 5.41) is 28.1. The molecule has 0 amide bonds. The van der Waals surface area contributed by atoms with Crippen molar-refractivity contribution in [3.8, 4) is 17.2 Å². The molecule has 2 aromatic rings. The van der Waals surface area contributed by atoms with Crippen molar-refractivity contribution in [1.29, 1.82) is 0 Å². The zero-order valence-electron chi connectivity index (χ0n) is 16.0. The van der Waals surface area contributed by atoms with Crippen molar-refractivity contribution >= 4 is 52.7 Å². The summed E-state index contributed by atoms with van der Waals surface area (Å²) in [4.78, 5) is 0. The van der Waals surface area contributed by atoms with Gasteiger partial charge in [0.25, 0.3) is 0 Å². The largest absolute Gasteiger partial charge is 0.491 e. The van der Waals surface area contributed by atoms with Crippen molar-refractivity contribution in [1.82, 2.24) is 0 Å². The number of alkyl halides is 1. The van der Waals surface area contributed by atoms with E-state index in [0.717, 1.165) is 17.9 Å². The number of aliphatic hydroxyl groups excluding tert-OH is 3. The highest BCUT2D eigenvalue weighted by molar-refractivity contribution is 7.96. The Bertz CT molecular complexity index is 775. The average Bonchev–Trinajstić information content (AvgIpc) is 2.75. The third-order valence-corrected chi connectivity index (χ3v) is 5.29. The van der Waals surface area contributed by atoms with E-state index in [4.69, 9.17) is 53.6 Å². The predicted octanol–water partition coefficient (Wildman–Crippen LogP) is 3.78. The molecular formula is C19H22Cl3NO6S. The van der Waals surface area contributed by atoms with Gasteiger partial charge in [0.15, 0.2) is 18.0 Å². The van der Waals surface area contributed by atoms with Crippen molar-refractivity contribution in [3.05, 3.63) is 46.4 Å². The van der Waals surface area contributed by atoms with Crippen molar-refractivity contribution in [3.63, 3.8) is 0 Å². The zero-order valence-corrected chi connectivity index (χ0v) is 19.1. The van der Waals surface area contributed by atoms with Crippen LogP contribution in [0.3, 0.4) is 0 Å². The maximum absolute atomic E-state index is 9.49. The van der Waals surface area contributed by atoms with E-state index in [2.05, 4.69) is 0 Å². The maximum Gasteiger partial charge on any atom is 0.179 e. The molecule has 2 unspecified atom stereocenters. The molecular weight excluding hydrogens is 477 g/mol. The van der Waals surface area contributed by atoms with Gasteiger partial charge in [-0.2, -0.15) is 0 Å². The van der Waals surface area contributed by atoms with Crippen LogP contribution in [0.1, 0.15) is 0 Å². The lowest BCUT2D eigenvalue weighted by Crippen LogP contribution is -2.21. The van der Waals surface area contributed by atoms with Crippen LogP contribution in [0.2, 0.25) is 10.0 Å². The van der Waals surface area contributed by atoms with Crippen molar-refractivity contribution in [2.24, 2.45) is 0 Å². The third-order valence-electron chi connectivity index (χ3n) is 3.67. The molecule has 0 heterocycles. The normalized spacial score (nSPS) is 12.9. The van der Waals surface area contributed by atoms with E-state index in [1.54, 1.807) is 28.6 Å². The lowest BCUT2D eigenvalue weighted by atomic mass is 10.3. The van der Waals surface area contributed by atoms with Gasteiger partial charge >= 0.3 is 0 Å². The van der Waals surface area contributed by atoms with Gasteiger partial charge in [0.05, 0.1) is 22.5 Å². The Morgan fingerprint density at radius 3 is 2.13 bits per heavy atom. The third kappa shape index (κ3) is 7.77. The minimum Gasteiger partial charge on any atom is -0.491 e. The zero-order chi connectivity index (χ0) is 22.1. The van der Waals surface area contributed by atoms with Gasteiger partial charge in [0.2, 0.25) is 0 Å². The van der Waals surface area contributed by atoms with Crippen LogP contribution in [-0.4, -0.2) is 60.3 Å². The maximum atomic E-state index is 9.49. The number of aliphatic hydroxyl groups is 3. The smallest absolute Gasteiger partial charge is 0.179 e. The number of nitrogens with zero attached hydrogens (tertiary/aromatic N) is 1. The molecule has 0 aromatic heterocycles. The molecule has 0 aliphatic rings. The molecule has 0 radical (unpaired) electrons. The number of benzene rings is 2. The standard InChI is InChI=1S/C19H22Cl3NO6S/c1-23(12-2-4-15(5-3-12)27-11-14(26)9-24)30-29-16-6-17(21)19(18(22)7-16)28-10-13(25)8-20/h2-7,13-14,24-26H,8-11H2,1H3. The first-order valence-electron chi connectivity index (χ1n) is 8.80. The highest BCUT2D eigenvalue weighted by Crippen LogP contribution is 2.38. The fourth-order valence-corrected chi connectivity index (χ4v) is 3.25. The molecule has 0 bridgehead atoms. The molecule has 30 heavy (non-hydrogen) atoms. The van der Waals surface area contributed by atoms with Gasteiger partial charge in [-0.05, 0) is 24.3 Å². The fourth-order valence-electron chi connectivity index (χ4n) is 2.09. The molecule has 3 N–H and O–H groups in total. The van der Waals surface area contributed by atoms with E-state index < -0.39 is 12.2 Å². The van der Waals surface area contributed by atoms with E-state index in [1.807, 2.05) is 19.2 Å². The second-order valence-corrected chi connectivity index (χ2v) is 8.12. The van der Waals surface area contributed by atoms with Crippen LogP contribution < -0.4 is 18.0 Å². The highest BCUT2D eigenvalue weighted by Gasteiger charge is 2.14. The summed E-state index contributed by atoms with van der Waals surface area (Å²) >= 11 is 19.0. The Balaban J connectivity index is 1.91. The topological polar surface area (TPSA) is 91.6 Å². The van der Waals surface area contributed by atoms with Gasteiger partial charge in [-0.15, -0.1) is 11.6 Å². The molecule has 2 aromatic carbocycles. The summed E-state index contributed by atoms with van der Waals surface area (Å²) in [5.74, 6) is 1.27. The van der Waals surface area contributed by atoms with E-state index in [9.17, 15) is 10.2 Å². The van der Waals surface area contributed by atoms with Crippen molar-refractivity contribution in [2.45, 2.75) is 12.2 Å². The Morgan fingerprint density at radius 2 is 1.57 bits per heavy atom. The van der Waals surface area contributed by atoms with Gasteiger partial charge in [-0.25, -0.2) is 0 Å². The molecule has 2 rings (SSSR count). The monoisotopic (exact) mass is 497 g/mol. The molecule has 11 heteroatoms. The van der Waals surface area contributed by atoms with Crippen LogP contribution >= 0.6 is 47.0 Å². The van der Waals surface area contributed by atoms with Crippen molar-refractivity contribution in [2.75, 3.05) is 37.1 Å². The van der Waals surface area contributed by atoms with Crippen LogP contribution in [0.5, 0.6) is 17.2 Å². The fraction of sp³-hybridized carbons (Fsp3) is 0.368. The van der Waals surface area contributed by atoms with Gasteiger partial charge in [0, 0.05) is 24.9 Å². The minimum absolute atomic E-state index is 0.00954. The first kappa shape index (κ1) is 25.0. The molecule has 166 valence electrons. The number of anilines is 1. The van der Waals surface area contributed by atoms with Crippen LogP contribution in [0.25, 0.3) is 0 Å². The Morgan fingerprint density at radius 1 is 0.967 bits per heavy atom. The molecule has 7 nitrogen and oxygen atoms in total. The van der Waals surface area contributed by atoms with Crippen LogP contribution in [-0.2, 0) is 0 Å². The van der Waals surface area contributed by atoms with E-state index in [1.165, 1.54) is 0 Å². The number of rotatable bonds is 12. The summed E-state index contributed by atoms with van der Waals surface area (Å²) in [7, 11) is 1.81.